The van der Waals surface area contributed by atoms with Crippen molar-refractivity contribution in [3.8, 4) is 0 Å². The molecule has 0 amide bonds. The van der Waals surface area contributed by atoms with E-state index >= 15 is 0 Å². The molecule has 0 aliphatic heterocycles. The molecular weight excluding hydrogens is 203 g/mol. The fourth-order valence-corrected chi connectivity index (χ4v) is 0. The van der Waals surface area contributed by atoms with Crippen molar-refractivity contribution < 1.29 is 15.0 Å². The van der Waals surface area contributed by atoms with Crippen LogP contribution in [0.2, 0.25) is 0 Å². The van der Waals surface area contributed by atoms with Gasteiger partial charge in [-0.15, -0.1) is 0 Å². The molecule has 38 valence electrons. The minimum atomic E-state index is -1.44. The number of aliphatic hydroxyl groups excluding tert-OH is 1. The molecule has 0 aliphatic carbocycles. The normalized spacial score (nSPS) is 11.7. The summed E-state index contributed by atoms with van der Waals surface area (Å²) >= 11 is 0. The number of rotatable bonds is 1. The van der Waals surface area contributed by atoms with E-state index in [0.717, 1.165) is 6.92 Å². The van der Waals surface area contributed by atoms with Crippen LogP contribution < -0.4 is 5.11 Å². The third-order valence-corrected chi connectivity index (χ3v) is 0.341. The summed E-state index contributed by atoms with van der Waals surface area (Å²) in [5, 5.41) is 17.3. The summed E-state index contributed by atoms with van der Waals surface area (Å²) in [5.74, 6) is -1.44. The minimum Gasteiger partial charge on any atom is -0.547 e. The summed E-state index contributed by atoms with van der Waals surface area (Å²) in [6, 6.07) is 0. The minimum absolute atomic E-state index is 0. The van der Waals surface area contributed by atoms with Gasteiger partial charge in [0.2, 0.25) is 0 Å². The van der Waals surface area contributed by atoms with Gasteiger partial charge >= 0.3 is 23.9 Å². The molecule has 0 aromatic rings. The van der Waals surface area contributed by atoms with Gasteiger partial charge in [0.15, 0.2) is 0 Å². The van der Waals surface area contributed by atoms with Crippen LogP contribution in [0, 0.1) is 0 Å². The molecule has 0 saturated heterocycles. The number of carbonyl (C=O) groups excluding carboxylic acids is 1. The molecule has 0 aromatic heterocycles. The third kappa shape index (κ3) is 6.23. The summed E-state index contributed by atoms with van der Waals surface area (Å²) in [6.07, 6.45) is -1.34. The maximum absolute atomic E-state index is 9.34. The molecule has 3 nitrogen and oxygen atoms in total. The molecule has 1 unspecified atom stereocenters. The zero-order valence-electron chi connectivity index (χ0n) is 3.84. The Bertz CT molecular complexity index is 61.2. The Morgan fingerprint density at radius 2 is 2.00 bits per heavy atom. The standard InChI is InChI=1S/C3H6O3.Sn/c1-2(4)3(5)6;/h2,4H,1H3,(H,5,6);/q;+2/p-1. The molecule has 4 heteroatoms. The summed E-state index contributed by atoms with van der Waals surface area (Å²) in [4.78, 5) is 9.34. The quantitative estimate of drug-likeness (QED) is 0.494. The SMILES string of the molecule is CC(O)C(=O)[O-].[Sn+2]. The fourth-order valence-electron chi connectivity index (χ4n) is 0. The van der Waals surface area contributed by atoms with E-state index in [-0.39, 0.29) is 23.9 Å². The van der Waals surface area contributed by atoms with Crippen LogP contribution in [-0.4, -0.2) is 41.1 Å². The smallest absolute Gasteiger partial charge is 0.547 e. The molecule has 2 radical (unpaired) electrons. The van der Waals surface area contributed by atoms with Crippen LogP contribution in [0.5, 0.6) is 0 Å². The van der Waals surface area contributed by atoms with E-state index in [1.165, 1.54) is 0 Å². The molecule has 1 N–H and O–H groups in total. The number of carboxylic acids is 1. The first kappa shape index (κ1) is 10.3. The summed E-state index contributed by atoms with van der Waals surface area (Å²) in [6.45, 7) is 1.13. The maximum atomic E-state index is 9.34. The Morgan fingerprint density at radius 3 is 2.00 bits per heavy atom. The summed E-state index contributed by atoms with van der Waals surface area (Å²) in [5.41, 5.74) is 0. The van der Waals surface area contributed by atoms with E-state index in [2.05, 4.69) is 0 Å². The summed E-state index contributed by atoms with van der Waals surface area (Å²) < 4.78 is 0. The van der Waals surface area contributed by atoms with Crippen LogP contribution >= 0.6 is 0 Å². The van der Waals surface area contributed by atoms with E-state index in [0.29, 0.717) is 0 Å². The molecular formula is C3H5O3Sn+. The Balaban J connectivity index is 0. The van der Waals surface area contributed by atoms with E-state index < -0.39 is 12.1 Å². The average Bonchev–Trinajstić information content (AvgIpc) is 1.36. The zero-order valence-corrected chi connectivity index (χ0v) is 6.70. The predicted octanol–water partition coefficient (Wildman–Crippen LogP) is -2.26. The first-order valence-corrected chi connectivity index (χ1v) is 1.53. The Morgan fingerprint density at radius 1 is 1.86 bits per heavy atom. The van der Waals surface area contributed by atoms with Crippen molar-refractivity contribution in [2.45, 2.75) is 13.0 Å². The van der Waals surface area contributed by atoms with E-state index in [9.17, 15) is 9.90 Å². The van der Waals surface area contributed by atoms with Gasteiger partial charge in [0.25, 0.3) is 0 Å². The van der Waals surface area contributed by atoms with Crippen molar-refractivity contribution in [3.63, 3.8) is 0 Å². The molecule has 0 aliphatic rings. The molecule has 0 spiro atoms. The average molecular weight is 208 g/mol. The van der Waals surface area contributed by atoms with Crippen LogP contribution in [0.4, 0.5) is 0 Å². The molecule has 0 rings (SSSR count). The van der Waals surface area contributed by atoms with Gasteiger partial charge in [-0.2, -0.15) is 0 Å². The van der Waals surface area contributed by atoms with Crippen LogP contribution in [0.25, 0.3) is 0 Å². The molecule has 0 aromatic carbocycles. The predicted molar refractivity (Wildman–Crippen MR) is 22.4 cm³/mol. The maximum Gasteiger partial charge on any atom is 2.00 e. The first-order valence-electron chi connectivity index (χ1n) is 1.53. The van der Waals surface area contributed by atoms with Crippen molar-refractivity contribution >= 4 is 29.9 Å². The first-order chi connectivity index (χ1) is 2.64. The van der Waals surface area contributed by atoms with Crippen molar-refractivity contribution in [2.75, 3.05) is 0 Å². The Labute approximate surface area is 58.3 Å². The summed E-state index contributed by atoms with van der Waals surface area (Å²) in [7, 11) is 0. The van der Waals surface area contributed by atoms with Gasteiger partial charge in [-0.1, -0.05) is 0 Å². The van der Waals surface area contributed by atoms with Crippen LogP contribution in [0.1, 0.15) is 6.92 Å². The van der Waals surface area contributed by atoms with E-state index in [1.807, 2.05) is 0 Å². The van der Waals surface area contributed by atoms with E-state index in [4.69, 9.17) is 5.11 Å². The van der Waals surface area contributed by atoms with Crippen molar-refractivity contribution in [2.24, 2.45) is 0 Å². The fraction of sp³-hybridized carbons (Fsp3) is 0.667. The van der Waals surface area contributed by atoms with E-state index in [1.54, 1.807) is 0 Å². The number of aliphatic hydroxyl groups is 1. The van der Waals surface area contributed by atoms with Crippen molar-refractivity contribution in [1.29, 1.82) is 0 Å². The number of hydrogen-bond donors (Lipinski definition) is 1. The molecule has 0 fully saturated rings. The van der Waals surface area contributed by atoms with Gasteiger partial charge in [0, 0.05) is 0 Å². The van der Waals surface area contributed by atoms with Gasteiger partial charge < -0.3 is 15.0 Å². The second-order valence-corrected chi connectivity index (χ2v) is 0.995. The molecule has 1 atom stereocenters. The van der Waals surface area contributed by atoms with Gasteiger partial charge in [-0.25, -0.2) is 0 Å². The molecule has 0 bridgehead atoms. The largest absolute Gasteiger partial charge is 2.00 e. The number of aliphatic carboxylic acids is 1. The van der Waals surface area contributed by atoms with Crippen molar-refractivity contribution in [1.82, 2.24) is 0 Å². The van der Waals surface area contributed by atoms with Gasteiger partial charge in [-0.3, -0.25) is 0 Å². The van der Waals surface area contributed by atoms with Crippen LogP contribution in [0.3, 0.4) is 0 Å². The Hall–Kier alpha value is 0.229. The number of hydrogen-bond acceptors (Lipinski definition) is 3. The second-order valence-electron chi connectivity index (χ2n) is 0.995. The number of carbonyl (C=O) groups is 1. The topological polar surface area (TPSA) is 60.4 Å². The molecule has 7 heavy (non-hydrogen) atoms. The van der Waals surface area contributed by atoms with Crippen molar-refractivity contribution in [3.05, 3.63) is 0 Å². The number of carboxylic acid groups (broad SMARTS) is 1. The zero-order chi connectivity index (χ0) is 5.15. The Kier molecular flexibility index (Phi) is 6.43. The van der Waals surface area contributed by atoms with Gasteiger partial charge in [0.05, 0.1) is 12.1 Å². The second kappa shape index (κ2) is 4.39. The van der Waals surface area contributed by atoms with Gasteiger partial charge in [0.1, 0.15) is 0 Å². The van der Waals surface area contributed by atoms with Gasteiger partial charge in [-0.05, 0) is 6.92 Å². The molecule has 0 saturated carbocycles. The molecule has 0 heterocycles. The third-order valence-electron chi connectivity index (χ3n) is 0.341. The van der Waals surface area contributed by atoms with Crippen LogP contribution in [-0.2, 0) is 4.79 Å². The van der Waals surface area contributed by atoms with Crippen LogP contribution in [0.15, 0.2) is 0 Å². The monoisotopic (exact) mass is 209 g/mol.